The fourth-order valence-electron chi connectivity index (χ4n) is 4.68. The molecule has 1 aromatic carbocycles. The van der Waals surface area contributed by atoms with E-state index in [0.29, 0.717) is 60.7 Å². The molecule has 1 saturated heterocycles. The smallest absolute Gasteiger partial charge is 0.236 e. The fourth-order valence-corrected chi connectivity index (χ4v) is 4.68. The molecule has 2 aliphatic rings. The summed E-state index contributed by atoms with van der Waals surface area (Å²) in [5, 5.41) is 4.50. The summed E-state index contributed by atoms with van der Waals surface area (Å²) in [7, 11) is 0. The lowest BCUT2D eigenvalue weighted by Gasteiger charge is -2.28. The molecule has 6 rings (SSSR count). The number of rotatable bonds is 6. The highest BCUT2D eigenvalue weighted by atomic mass is 19.1. The summed E-state index contributed by atoms with van der Waals surface area (Å²) >= 11 is 0. The number of hydrogen-bond donors (Lipinski definition) is 0. The summed E-state index contributed by atoms with van der Waals surface area (Å²) < 4.78 is 42.3. The largest absolute Gasteiger partial charge is 0.477 e. The van der Waals surface area contributed by atoms with Crippen molar-refractivity contribution < 1.29 is 18.3 Å². The molecule has 10 heteroatoms. The Balaban J connectivity index is 1.42. The molecule has 0 radical (unpaired) electrons. The van der Waals surface area contributed by atoms with Crippen molar-refractivity contribution in [2.75, 3.05) is 13.2 Å². The first-order valence-electron chi connectivity index (χ1n) is 12.3. The average Bonchev–Trinajstić information content (AvgIpc) is 3.60. The third-order valence-electron chi connectivity index (χ3n) is 6.71. The summed E-state index contributed by atoms with van der Waals surface area (Å²) in [6.45, 7) is 4.58. The van der Waals surface area contributed by atoms with Crippen molar-refractivity contribution in [3.05, 3.63) is 59.3 Å². The van der Waals surface area contributed by atoms with Gasteiger partial charge in [-0.2, -0.15) is 5.10 Å². The summed E-state index contributed by atoms with van der Waals surface area (Å²) in [6.07, 6.45) is 7.51. The quantitative estimate of drug-likeness (QED) is 0.364. The van der Waals surface area contributed by atoms with Gasteiger partial charge in [-0.05, 0) is 51.7 Å². The molecule has 2 atom stereocenters. The zero-order valence-electron chi connectivity index (χ0n) is 20.1. The van der Waals surface area contributed by atoms with Gasteiger partial charge in [-0.1, -0.05) is 0 Å². The highest BCUT2D eigenvalue weighted by Crippen LogP contribution is 2.40. The molecule has 8 nitrogen and oxygen atoms in total. The number of nitrogens with zero attached hydrogens (tertiary/aromatic N) is 6. The predicted octanol–water partition coefficient (Wildman–Crippen LogP) is 5.24. The van der Waals surface area contributed by atoms with Crippen LogP contribution in [0.3, 0.4) is 0 Å². The first-order valence-corrected chi connectivity index (χ1v) is 12.3. The van der Waals surface area contributed by atoms with Gasteiger partial charge in [0.25, 0.3) is 0 Å². The molecule has 4 aromatic rings. The Morgan fingerprint density at radius 2 is 1.97 bits per heavy atom. The van der Waals surface area contributed by atoms with Gasteiger partial charge in [-0.3, -0.25) is 4.68 Å². The van der Waals surface area contributed by atoms with Crippen LogP contribution in [0.25, 0.3) is 22.4 Å². The predicted molar refractivity (Wildman–Crippen MR) is 128 cm³/mol. The van der Waals surface area contributed by atoms with Gasteiger partial charge in [0.2, 0.25) is 5.88 Å². The molecule has 36 heavy (non-hydrogen) atoms. The third kappa shape index (κ3) is 4.30. The second-order valence-corrected chi connectivity index (χ2v) is 9.34. The Hall–Kier alpha value is -3.53. The minimum absolute atomic E-state index is 0.0339. The van der Waals surface area contributed by atoms with E-state index in [1.165, 1.54) is 12.1 Å². The average molecular weight is 493 g/mol. The van der Waals surface area contributed by atoms with Crippen molar-refractivity contribution in [2.45, 2.75) is 57.6 Å². The lowest BCUT2D eigenvalue weighted by atomic mass is 9.92. The van der Waals surface area contributed by atoms with Crippen molar-refractivity contribution in [2.24, 2.45) is 0 Å². The van der Waals surface area contributed by atoms with Crippen LogP contribution in [0, 0.1) is 18.6 Å². The van der Waals surface area contributed by atoms with Crippen LogP contribution in [0.4, 0.5) is 8.78 Å². The fraction of sp³-hybridized carbons (Fsp3) is 0.423. The SMILES string of the molecule is CCOc1nc2c(-c3ccc(F)cc3F)nc(C3CCOC(c4cnn(C5CC5)c4)C3)nc2nc1C. The van der Waals surface area contributed by atoms with E-state index in [2.05, 4.69) is 21.3 Å². The number of aromatic nitrogens is 6. The number of hydrogen-bond acceptors (Lipinski definition) is 7. The van der Waals surface area contributed by atoms with Gasteiger partial charge in [-0.15, -0.1) is 0 Å². The first kappa shape index (κ1) is 22.9. The second kappa shape index (κ2) is 9.16. The van der Waals surface area contributed by atoms with E-state index in [4.69, 9.17) is 19.4 Å². The van der Waals surface area contributed by atoms with Gasteiger partial charge in [0, 0.05) is 35.9 Å². The van der Waals surface area contributed by atoms with Crippen molar-refractivity contribution in [1.29, 1.82) is 0 Å². The summed E-state index contributed by atoms with van der Waals surface area (Å²) in [6, 6.07) is 3.92. The van der Waals surface area contributed by atoms with Crippen LogP contribution in [-0.2, 0) is 4.74 Å². The van der Waals surface area contributed by atoms with E-state index in [1.807, 2.05) is 17.8 Å². The molecule has 186 valence electrons. The van der Waals surface area contributed by atoms with Gasteiger partial charge in [-0.25, -0.2) is 28.7 Å². The Labute approximate surface area is 206 Å². The van der Waals surface area contributed by atoms with Crippen molar-refractivity contribution in [1.82, 2.24) is 29.7 Å². The summed E-state index contributed by atoms with van der Waals surface area (Å²) in [5.74, 6) is -0.538. The van der Waals surface area contributed by atoms with Gasteiger partial charge in [0.1, 0.15) is 34.4 Å². The third-order valence-corrected chi connectivity index (χ3v) is 6.71. The molecular formula is C26H26F2N6O2. The molecule has 1 saturated carbocycles. The number of halogens is 2. The second-order valence-electron chi connectivity index (χ2n) is 9.34. The van der Waals surface area contributed by atoms with E-state index >= 15 is 0 Å². The first-order chi connectivity index (χ1) is 17.5. The van der Waals surface area contributed by atoms with E-state index < -0.39 is 11.6 Å². The maximum Gasteiger partial charge on any atom is 0.236 e. The van der Waals surface area contributed by atoms with Crippen LogP contribution >= 0.6 is 0 Å². The van der Waals surface area contributed by atoms with Crippen molar-refractivity contribution >= 4 is 11.2 Å². The van der Waals surface area contributed by atoms with E-state index in [-0.39, 0.29) is 23.3 Å². The highest BCUT2D eigenvalue weighted by Gasteiger charge is 2.31. The zero-order chi connectivity index (χ0) is 24.8. The standard InChI is InChI=1S/C26H26F2N6O2/c1-3-35-26-14(2)30-25-23(32-26)22(19-7-4-17(27)11-20(19)28)31-24(33-25)15-8-9-36-21(10-15)16-12-29-34(13-16)18-5-6-18/h4,7,11-13,15,18,21H,3,5-6,8-10H2,1-2H3. The molecule has 1 aliphatic carbocycles. The number of benzene rings is 1. The number of aryl methyl sites for hydroxylation is 1. The molecule has 0 spiro atoms. The molecule has 0 bridgehead atoms. The zero-order valence-corrected chi connectivity index (χ0v) is 20.1. The molecule has 1 aliphatic heterocycles. The van der Waals surface area contributed by atoms with Gasteiger partial charge < -0.3 is 9.47 Å². The lowest BCUT2D eigenvalue weighted by Crippen LogP contribution is -2.20. The van der Waals surface area contributed by atoms with Crippen LogP contribution in [0.1, 0.15) is 67.8 Å². The van der Waals surface area contributed by atoms with E-state index in [9.17, 15) is 8.78 Å². The van der Waals surface area contributed by atoms with Crippen LogP contribution in [0.5, 0.6) is 5.88 Å². The monoisotopic (exact) mass is 492 g/mol. The van der Waals surface area contributed by atoms with E-state index in [1.54, 1.807) is 6.92 Å². The number of fused-ring (bicyclic) bond motifs is 1. The highest BCUT2D eigenvalue weighted by molar-refractivity contribution is 5.87. The van der Waals surface area contributed by atoms with Crippen molar-refractivity contribution in [3.8, 4) is 17.1 Å². The molecule has 2 fully saturated rings. The topological polar surface area (TPSA) is 87.8 Å². The Bertz CT molecular complexity index is 1440. The van der Waals surface area contributed by atoms with Gasteiger partial charge >= 0.3 is 0 Å². The lowest BCUT2D eigenvalue weighted by molar-refractivity contribution is 0.00396. The maximum absolute atomic E-state index is 14.9. The van der Waals surface area contributed by atoms with Crippen LogP contribution < -0.4 is 4.74 Å². The number of ether oxygens (including phenoxy) is 2. The van der Waals surface area contributed by atoms with Crippen LogP contribution in [0.2, 0.25) is 0 Å². The molecule has 0 N–H and O–H groups in total. The molecule has 2 unspecified atom stereocenters. The van der Waals surface area contributed by atoms with Crippen molar-refractivity contribution in [3.63, 3.8) is 0 Å². The molecular weight excluding hydrogens is 466 g/mol. The van der Waals surface area contributed by atoms with Gasteiger partial charge in [0.15, 0.2) is 5.65 Å². The van der Waals surface area contributed by atoms with E-state index in [0.717, 1.165) is 24.5 Å². The van der Waals surface area contributed by atoms with Crippen LogP contribution in [-0.4, -0.2) is 42.9 Å². The van der Waals surface area contributed by atoms with Gasteiger partial charge in [0.05, 0.1) is 24.9 Å². The molecule has 0 amide bonds. The Kier molecular flexibility index (Phi) is 5.83. The minimum atomic E-state index is -0.723. The Morgan fingerprint density at radius 1 is 1.11 bits per heavy atom. The summed E-state index contributed by atoms with van der Waals surface area (Å²) in [4.78, 5) is 18.7. The maximum atomic E-state index is 14.9. The normalized spacial score (nSPS) is 20.1. The minimum Gasteiger partial charge on any atom is -0.477 e. The Morgan fingerprint density at radius 3 is 2.75 bits per heavy atom. The van der Waals surface area contributed by atoms with Crippen LogP contribution in [0.15, 0.2) is 30.6 Å². The molecule has 3 aromatic heterocycles. The summed E-state index contributed by atoms with van der Waals surface area (Å²) in [5.41, 5.74) is 2.69. The molecule has 4 heterocycles.